The molecule has 0 bridgehead atoms. The Kier molecular flexibility index (Phi) is 8.51. The Hall–Kier alpha value is -2.96. The molecule has 0 fully saturated rings. The third kappa shape index (κ3) is 6.59. The minimum Gasteiger partial charge on any atom is -0.487 e. The van der Waals surface area contributed by atoms with E-state index < -0.39 is 10.0 Å². The highest BCUT2D eigenvalue weighted by Crippen LogP contribution is 2.32. The molecule has 0 amide bonds. The van der Waals surface area contributed by atoms with Gasteiger partial charge in [-0.2, -0.15) is 5.26 Å². The summed E-state index contributed by atoms with van der Waals surface area (Å²) in [5, 5.41) is 9.93. The van der Waals surface area contributed by atoms with Gasteiger partial charge in [0, 0.05) is 12.1 Å². The summed E-state index contributed by atoms with van der Waals surface area (Å²) in [6, 6.07) is 17.5. The van der Waals surface area contributed by atoms with Gasteiger partial charge in [-0.15, -0.1) is 0 Å². The van der Waals surface area contributed by atoms with Crippen LogP contribution in [0.25, 0.3) is 0 Å². The second kappa shape index (κ2) is 11.2. The number of anilines is 1. The van der Waals surface area contributed by atoms with Crippen LogP contribution in [0, 0.1) is 11.3 Å². The number of nitriles is 1. The fraction of sp³-hybridized carbons (Fsp3) is 0.240. The number of sulfonamides is 1. The van der Waals surface area contributed by atoms with Gasteiger partial charge in [-0.3, -0.25) is 4.72 Å². The molecule has 3 aromatic rings. The maximum Gasteiger partial charge on any atom is 0.261 e. The van der Waals surface area contributed by atoms with E-state index in [-0.39, 0.29) is 33.4 Å². The standard InChI is InChI=1S/C25H25Cl2N3O4S/c1-16(30(3)4)17(2)33-25-14-18(8-13-23(25)27)29-35(31,32)20-11-9-19(10-12-20)34-24-7-5-6-22(26)21(24)15-28/h5-14,16-17,29H,1-4H3. The Morgan fingerprint density at radius 3 is 2.29 bits per heavy atom. The summed E-state index contributed by atoms with van der Waals surface area (Å²) >= 11 is 12.3. The SMILES string of the molecule is CC(Oc1cc(NS(=O)(=O)c2ccc(Oc3cccc(Cl)c3C#N)cc2)ccc1Cl)C(C)N(C)C. The highest BCUT2D eigenvalue weighted by atomic mass is 35.5. The lowest BCUT2D eigenvalue weighted by atomic mass is 10.2. The van der Waals surface area contributed by atoms with E-state index in [4.69, 9.17) is 32.7 Å². The fourth-order valence-corrected chi connectivity index (χ4v) is 4.52. The van der Waals surface area contributed by atoms with Crippen LogP contribution in [0.3, 0.4) is 0 Å². The van der Waals surface area contributed by atoms with Gasteiger partial charge in [-0.25, -0.2) is 8.42 Å². The number of rotatable bonds is 9. The minimum atomic E-state index is -3.90. The van der Waals surface area contributed by atoms with Gasteiger partial charge >= 0.3 is 0 Å². The van der Waals surface area contributed by atoms with Gasteiger partial charge in [0.25, 0.3) is 10.0 Å². The van der Waals surface area contributed by atoms with Gasteiger partial charge in [0.15, 0.2) is 0 Å². The maximum absolute atomic E-state index is 12.9. The van der Waals surface area contributed by atoms with Crippen LogP contribution in [0.4, 0.5) is 5.69 Å². The molecule has 7 nitrogen and oxygen atoms in total. The zero-order chi connectivity index (χ0) is 25.8. The van der Waals surface area contributed by atoms with Crippen molar-refractivity contribution in [2.24, 2.45) is 0 Å². The first-order chi connectivity index (χ1) is 16.5. The summed E-state index contributed by atoms with van der Waals surface area (Å²) < 4.78 is 40.1. The van der Waals surface area contributed by atoms with E-state index >= 15 is 0 Å². The average molecular weight is 534 g/mol. The number of benzene rings is 3. The van der Waals surface area contributed by atoms with Gasteiger partial charge in [0.2, 0.25) is 0 Å². The van der Waals surface area contributed by atoms with Crippen molar-refractivity contribution in [3.05, 3.63) is 76.3 Å². The monoisotopic (exact) mass is 533 g/mol. The number of hydrogen-bond donors (Lipinski definition) is 1. The Bertz CT molecular complexity index is 1340. The number of halogens is 2. The first kappa shape index (κ1) is 26.6. The summed E-state index contributed by atoms with van der Waals surface area (Å²) in [5.41, 5.74) is 0.509. The Morgan fingerprint density at radius 2 is 1.66 bits per heavy atom. The predicted octanol–water partition coefficient (Wildman–Crippen LogP) is 6.18. The van der Waals surface area contributed by atoms with E-state index in [0.29, 0.717) is 22.2 Å². The third-order valence-electron chi connectivity index (χ3n) is 5.44. The molecule has 0 aromatic heterocycles. The number of nitrogens with zero attached hydrogens (tertiary/aromatic N) is 2. The van der Waals surface area contributed by atoms with Gasteiger partial charge in [-0.1, -0.05) is 29.3 Å². The summed E-state index contributed by atoms with van der Waals surface area (Å²) in [7, 11) is 0.00147. The molecular formula is C25H25Cl2N3O4S. The first-order valence-electron chi connectivity index (χ1n) is 10.6. The number of likely N-dealkylation sites (N-methyl/N-ethyl adjacent to an activating group) is 1. The lowest BCUT2D eigenvalue weighted by Gasteiger charge is -2.27. The minimum absolute atomic E-state index is 0.0310. The smallest absolute Gasteiger partial charge is 0.261 e. The second-order valence-electron chi connectivity index (χ2n) is 8.08. The van der Waals surface area contributed by atoms with E-state index in [1.807, 2.05) is 38.9 Å². The van der Waals surface area contributed by atoms with Gasteiger partial charge in [0.1, 0.15) is 35.0 Å². The molecule has 0 saturated heterocycles. The van der Waals surface area contributed by atoms with Crippen molar-refractivity contribution in [2.45, 2.75) is 30.9 Å². The largest absolute Gasteiger partial charge is 0.487 e. The van der Waals surface area contributed by atoms with Gasteiger partial charge in [0.05, 0.1) is 20.6 Å². The molecule has 2 atom stereocenters. The highest BCUT2D eigenvalue weighted by Gasteiger charge is 2.19. The summed E-state index contributed by atoms with van der Waals surface area (Å²) in [4.78, 5) is 2.05. The van der Waals surface area contributed by atoms with E-state index in [2.05, 4.69) is 4.72 Å². The van der Waals surface area contributed by atoms with Crippen LogP contribution in [0.15, 0.2) is 65.6 Å². The summed E-state index contributed by atoms with van der Waals surface area (Å²) in [5.74, 6) is 1.01. The maximum atomic E-state index is 12.9. The van der Waals surface area contributed by atoms with Crippen LogP contribution in [0.2, 0.25) is 10.0 Å². The van der Waals surface area contributed by atoms with Crippen molar-refractivity contribution < 1.29 is 17.9 Å². The molecule has 0 aliphatic rings. The normalized spacial score (nSPS) is 13.1. The fourth-order valence-electron chi connectivity index (χ4n) is 3.10. The van der Waals surface area contributed by atoms with Gasteiger partial charge in [-0.05, 0) is 76.5 Å². The van der Waals surface area contributed by atoms with E-state index in [1.165, 1.54) is 24.3 Å². The summed E-state index contributed by atoms with van der Waals surface area (Å²) in [6.07, 6.45) is -0.178. The Balaban J connectivity index is 1.76. The van der Waals surface area contributed by atoms with Crippen molar-refractivity contribution in [1.82, 2.24) is 4.90 Å². The predicted molar refractivity (Wildman–Crippen MR) is 138 cm³/mol. The molecule has 184 valence electrons. The molecule has 3 rings (SSSR count). The topological polar surface area (TPSA) is 91.7 Å². The number of nitrogens with one attached hydrogen (secondary N) is 1. The molecule has 0 radical (unpaired) electrons. The van der Waals surface area contributed by atoms with E-state index in [1.54, 1.807) is 36.4 Å². The van der Waals surface area contributed by atoms with Crippen LogP contribution in [-0.4, -0.2) is 39.6 Å². The van der Waals surface area contributed by atoms with Gasteiger partial charge < -0.3 is 14.4 Å². The van der Waals surface area contributed by atoms with Crippen molar-refractivity contribution in [3.8, 4) is 23.3 Å². The molecular weight excluding hydrogens is 509 g/mol. The van der Waals surface area contributed by atoms with Crippen molar-refractivity contribution in [3.63, 3.8) is 0 Å². The lowest BCUT2D eigenvalue weighted by molar-refractivity contribution is 0.122. The molecule has 1 N–H and O–H groups in total. The molecule has 2 unspecified atom stereocenters. The molecule has 0 aliphatic carbocycles. The Morgan fingerprint density at radius 1 is 0.971 bits per heavy atom. The summed E-state index contributed by atoms with van der Waals surface area (Å²) in [6.45, 7) is 3.94. The number of ether oxygens (including phenoxy) is 2. The van der Waals surface area contributed by atoms with E-state index in [9.17, 15) is 13.7 Å². The van der Waals surface area contributed by atoms with Crippen LogP contribution >= 0.6 is 23.2 Å². The molecule has 0 saturated carbocycles. The molecule has 0 aliphatic heterocycles. The van der Waals surface area contributed by atoms with Crippen molar-refractivity contribution in [1.29, 1.82) is 5.26 Å². The molecule has 0 spiro atoms. The first-order valence-corrected chi connectivity index (χ1v) is 12.9. The second-order valence-corrected chi connectivity index (χ2v) is 10.6. The molecule has 0 heterocycles. The van der Waals surface area contributed by atoms with Crippen LogP contribution in [0.5, 0.6) is 17.2 Å². The van der Waals surface area contributed by atoms with Crippen LogP contribution in [0.1, 0.15) is 19.4 Å². The van der Waals surface area contributed by atoms with Crippen LogP contribution < -0.4 is 14.2 Å². The number of hydrogen-bond acceptors (Lipinski definition) is 6. The molecule has 10 heteroatoms. The highest BCUT2D eigenvalue weighted by molar-refractivity contribution is 7.92. The average Bonchev–Trinajstić information content (AvgIpc) is 2.81. The zero-order valence-corrected chi connectivity index (χ0v) is 21.9. The van der Waals surface area contributed by atoms with E-state index in [0.717, 1.165) is 0 Å². The zero-order valence-electron chi connectivity index (χ0n) is 19.6. The Labute approximate surface area is 215 Å². The third-order valence-corrected chi connectivity index (χ3v) is 7.46. The van der Waals surface area contributed by atoms with Crippen molar-refractivity contribution >= 4 is 38.9 Å². The van der Waals surface area contributed by atoms with Crippen molar-refractivity contribution in [2.75, 3.05) is 18.8 Å². The van der Waals surface area contributed by atoms with Crippen LogP contribution in [-0.2, 0) is 10.0 Å². The lowest BCUT2D eigenvalue weighted by Crippen LogP contribution is -2.38. The quantitative estimate of drug-likeness (QED) is 0.353. The molecule has 3 aromatic carbocycles. The molecule has 35 heavy (non-hydrogen) atoms.